The minimum Gasteiger partial charge on any atom is -0.491 e. The summed E-state index contributed by atoms with van der Waals surface area (Å²) >= 11 is 0. The maximum absolute atomic E-state index is 12.5. The van der Waals surface area contributed by atoms with Gasteiger partial charge < -0.3 is 9.64 Å². The van der Waals surface area contributed by atoms with Crippen LogP contribution in [0.4, 0.5) is 5.69 Å². The quantitative estimate of drug-likeness (QED) is 0.782. The highest BCUT2D eigenvalue weighted by atomic mass is 16.5. The number of benzene rings is 2. The highest BCUT2D eigenvalue weighted by Gasteiger charge is 2.10. The summed E-state index contributed by atoms with van der Waals surface area (Å²) < 4.78 is 5.59. The van der Waals surface area contributed by atoms with E-state index in [1.54, 1.807) is 0 Å². The van der Waals surface area contributed by atoms with Crippen LogP contribution in [0.2, 0.25) is 0 Å². The third-order valence-electron chi connectivity index (χ3n) is 3.11. The summed E-state index contributed by atoms with van der Waals surface area (Å²) in [5, 5.41) is 0. The van der Waals surface area contributed by atoms with E-state index in [4.69, 9.17) is 4.74 Å². The lowest BCUT2D eigenvalue weighted by atomic mass is 10.0. The highest BCUT2D eigenvalue weighted by molar-refractivity contribution is 6.09. The second kappa shape index (κ2) is 6.44. The van der Waals surface area contributed by atoms with Crippen molar-refractivity contribution in [1.29, 1.82) is 0 Å². The van der Waals surface area contributed by atoms with E-state index in [0.29, 0.717) is 11.1 Å². The fourth-order valence-electron chi connectivity index (χ4n) is 2.05. The zero-order valence-electron chi connectivity index (χ0n) is 13.0. The van der Waals surface area contributed by atoms with Gasteiger partial charge in [-0.05, 0) is 50.2 Å². The monoisotopic (exact) mass is 283 g/mol. The van der Waals surface area contributed by atoms with Crippen molar-refractivity contribution in [3.05, 3.63) is 59.7 Å². The van der Waals surface area contributed by atoms with Crippen molar-refractivity contribution in [2.24, 2.45) is 0 Å². The average Bonchev–Trinajstić information content (AvgIpc) is 2.47. The van der Waals surface area contributed by atoms with Crippen LogP contribution >= 0.6 is 0 Å². The number of rotatable bonds is 5. The Kier molecular flexibility index (Phi) is 4.63. The summed E-state index contributed by atoms with van der Waals surface area (Å²) in [6.45, 7) is 3.96. The number of carbonyl (C=O) groups excluding carboxylic acids is 1. The van der Waals surface area contributed by atoms with Crippen LogP contribution in [0.3, 0.4) is 0 Å². The van der Waals surface area contributed by atoms with Crippen LogP contribution in [0.5, 0.6) is 5.75 Å². The third-order valence-corrected chi connectivity index (χ3v) is 3.11. The van der Waals surface area contributed by atoms with Crippen LogP contribution in [0.1, 0.15) is 29.8 Å². The maximum atomic E-state index is 12.5. The molecule has 0 saturated heterocycles. The van der Waals surface area contributed by atoms with Crippen molar-refractivity contribution in [2.45, 2.75) is 20.0 Å². The van der Waals surface area contributed by atoms with E-state index in [1.807, 2.05) is 81.4 Å². The Hall–Kier alpha value is -2.29. The molecule has 3 heteroatoms. The summed E-state index contributed by atoms with van der Waals surface area (Å²) in [5.41, 5.74) is 2.38. The summed E-state index contributed by atoms with van der Waals surface area (Å²) in [4.78, 5) is 14.5. The fraction of sp³-hybridized carbons (Fsp3) is 0.278. The van der Waals surface area contributed by atoms with Crippen molar-refractivity contribution in [3.63, 3.8) is 0 Å². The molecule has 0 fully saturated rings. The van der Waals surface area contributed by atoms with E-state index in [-0.39, 0.29) is 11.9 Å². The van der Waals surface area contributed by atoms with Gasteiger partial charge >= 0.3 is 0 Å². The van der Waals surface area contributed by atoms with Gasteiger partial charge in [0.1, 0.15) is 5.75 Å². The topological polar surface area (TPSA) is 29.5 Å². The molecule has 0 heterocycles. The Morgan fingerprint density at radius 1 is 1.00 bits per heavy atom. The first-order chi connectivity index (χ1) is 9.97. The van der Waals surface area contributed by atoms with E-state index >= 15 is 0 Å². The molecule has 0 aliphatic heterocycles. The first-order valence-corrected chi connectivity index (χ1v) is 7.06. The first kappa shape index (κ1) is 15.1. The summed E-state index contributed by atoms with van der Waals surface area (Å²) in [5.74, 6) is 0.804. The smallest absolute Gasteiger partial charge is 0.193 e. The molecule has 0 radical (unpaired) electrons. The fourth-order valence-corrected chi connectivity index (χ4v) is 2.05. The van der Waals surface area contributed by atoms with Crippen LogP contribution in [-0.2, 0) is 0 Å². The Morgan fingerprint density at radius 2 is 1.67 bits per heavy atom. The largest absolute Gasteiger partial charge is 0.491 e. The van der Waals surface area contributed by atoms with Crippen molar-refractivity contribution in [3.8, 4) is 5.75 Å². The number of nitrogens with zero attached hydrogens (tertiary/aromatic N) is 1. The van der Waals surface area contributed by atoms with Crippen LogP contribution in [0.15, 0.2) is 48.5 Å². The molecule has 0 amide bonds. The van der Waals surface area contributed by atoms with Gasteiger partial charge in [0.05, 0.1) is 6.10 Å². The Morgan fingerprint density at radius 3 is 2.24 bits per heavy atom. The molecule has 3 nitrogen and oxygen atoms in total. The van der Waals surface area contributed by atoms with Gasteiger partial charge in [-0.1, -0.05) is 12.1 Å². The minimum absolute atomic E-state index is 0.0230. The predicted octanol–water partition coefficient (Wildman–Crippen LogP) is 3.77. The van der Waals surface area contributed by atoms with Gasteiger partial charge in [-0.25, -0.2) is 0 Å². The highest BCUT2D eigenvalue weighted by Crippen LogP contribution is 2.19. The predicted molar refractivity (Wildman–Crippen MR) is 86.4 cm³/mol. The molecule has 0 N–H and O–H groups in total. The van der Waals surface area contributed by atoms with Gasteiger partial charge in [-0.3, -0.25) is 4.79 Å². The van der Waals surface area contributed by atoms with Crippen LogP contribution in [0, 0.1) is 0 Å². The number of ether oxygens (including phenoxy) is 1. The van der Waals surface area contributed by atoms with Gasteiger partial charge in [0, 0.05) is 30.9 Å². The summed E-state index contributed by atoms with van der Waals surface area (Å²) in [6.07, 6.45) is 0.128. The second-order valence-corrected chi connectivity index (χ2v) is 5.46. The van der Waals surface area contributed by atoms with Crippen LogP contribution < -0.4 is 9.64 Å². The molecule has 110 valence electrons. The van der Waals surface area contributed by atoms with Crippen molar-refractivity contribution >= 4 is 11.5 Å². The first-order valence-electron chi connectivity index (χ1n) is 7.06. The number of carbonyl (C=O) groups is 1. The van der Waals surface area contributed by atoms with Gasteiger partial charge in [0.15, 0.2) is 5.78 Å². The van der Waals surface area contributed by atoms with E-state index < -0.39 is 0 Å². The van der Waals surface area contributed by atoms with Crippen molar-refractivity contribution in [2.75, 3.05) is 19.0 Å². The zero-order chi connectivity index (χ0) is 15.4. The maximum Gasteiger partial charge on any atom is 0.193 e. The lowest BCUT2D eigenvalue weighted by molar-refractivity contribution is 0.103. The number of hydrogen-bond donors (Lipinski definition) is 0. The lowest BCUT2D eigenvalue weighted by Gasteiger charge is -2.13. The Bertz CT molecular complexity index is 615. The van der Waals surface area contributed by atoms with E-state index in [2.05, 4.69) is 0 Å². The Labute approximate surface area is 126 Å². The molecular weight excluding hydrogens is 262 g/mol. The van der Waals surface area contributed by atoms with Crippen molar-refractivity contribution < 1.29 is 9.53 Å². The molecule has 0 aliphatic rings. The van der Waals surface area contributed by atoms with E-state index in [1.165, 1.54) is 0 Å². The molecule has 0 saturated carbocycles. The van der Waals surface area contributed by atoms with Gasteiger partial charge in [0.2, 0.25) is 0 Å². The van der Waals surface area contributed by atoms with E-state index in [9.17, 15) is 4.79 Å². The molecule has 0 unspecified atom stereocenters. The minimum atomic E-state index is 0.0230. The molecule has 0 atom stereocenters. The lowest BCUT2D eigenvalue weighted by Crippen LogP contribution is -2.10. The van der Waals surface area contributed by atoms with Gasteiger partial charge in [-0.15, -0.1) is 0 Å². The zero-order valence-corrected chi connectivity index (χ0v) is 13.0. The van der Waals surface area contributed by atoms with E-state index in [0.717, 1.165) is 11.4 Å². The molecule has 2 aromatic rings. The van der Waals surface area contributed by atoms with Gasteiger partial charge in [-0.2, -0.15) is 0 Å². The molecule has 0 bridgehead atoms. The summed E-state index contributed by atoms with van der Waals surface area (Å²) in [6, 6.07) is 14.9. The molecule has 0 spiro atoms. The van der Waals surface area contributed by atoms with Crippen LogP contribution in [-0.4, -0.2) is 26.0 Å². The van der Waals surface area contributed by atoms with Crippen molar-refractivity contribution in [1.82, 2.24) is 0 Å². The second-order valence-electron chi connectivity index (χ2n) is 5.46. The molecule has 0 aliphatic carbocycles. The molecule has 21 heavy (non-hydrogen) atoms. The number of anilines is 1. The summed E-state index contributed by atoms with van der Waals surface area (Å²) in [7, 11) is 3.92. The van der Waals surface area contributed by atoms with Crippen LogP contribution in [0.25, 0.3) is 0 Å². The number of hydrogen-bond acceptors (Lipinski definition) is 3. The normalized spacial score (nSPS) is 10.5. The molecule has 2 aromatic carbocycles. The average molecular weight is 283 g/mol. The standard InChI is InChI=1S/C18H21NO2/c1-13(2)21-17-10-8-14(9-11-17)18(20)15-6-5-7-16(12-15)19(3)4/h5-13H,1-4H3. The number of ketones is 1. The molecule has 2 rings (SSSR count). The third kappa shape index (κ3) is 3.85. The van der Waals surface area contributed by atoms with Gasteiger partial charge in [0.25, 0.3) is 0 Å². The molecular formula is C18H21NO2. The SMILES string of the molecule is CC(C)Oc1ccc(C(=O)c2cccc(N(C)C)c2)cc1. The molecule has 0 aromatic heterocycles. The Balaban J connectivity index is 2.21.